The van der Waals surface area contributed by atoms with Gasteiger partial charge in [-0.3, -0.25) is 4.79 Å². The molecule has 0 unspecified atom stereocenters. The highest BCUT2D eigenvalue weighted by molar-refractivity contribution is 6.84. The maximum Gasteiger partial charge on any atom is 0.278 e. The fourth-order valence-corrected chi connectivity index (χ4v) is 2.61. The first-order valence-electron chi connectivity index (χ1n) is 9.01. The summed E-state index contributed by atoms with van der Waals surface area (Å²) < 4.78 is 0. The van der Waals surface area contributed by atoms with E-state index in [1.807, 2.05) is 0 Å². The molecule has 0 saturated heterocycles. The fraction of sp³-hybridized carbons (Fsp3) is 0.750. The van der Waals surface area contributed by atoms with Crippen molar-refractivity contribution in [3.8, 4) is 23.3 Å². The summed E-state index contributed by atoms with van der Waals surface area (Å²) in [6, 6.07) is 0. The minimum Gasteiger partial charge on any atom is -0.270 e. The molecule has 0 rings (SSSR count). The summed E-state index contributed by atoms with van der Waals surface area (Å²) in [4.78, 5) is 11.4. The van der Waals surface area contributed by atoms with Gasteiger partial charge in [0.2, 0.25) is 0 Å². The molecule has 0 saturated carbocycles. The Labute approximate surface area is 139 Å². The van der Waals surface area contributed by atoms with Gasteiger partial charge in [-0.25, -0.2) is 0 Å². The van der Waals surface area contributed by atoms with E-state index in [4.69, 9.17) is 0 Å². The van der Waals surface area contributed by atoms with Gasteiger partial charge in [-0.15, -0.1) is 5.54 Å². The van der Waals surface area contributed by atoms with Crippen LogP contribution in [-0.4, -0.2) is 13.9 Å². The zero-order valence-corrected chi connectivity index (χ0v) is 16.2. The number of ketones is 1. The van der Waals surface area contributed by atoms with Gasteiger partial charge in [0.25, 0.3) is 5.78 Å². The summed E-state index contributed by atoms with van der Waals surface area (Å²) in [5.74, 6) is 8.05. The van der Waals surface area contributed by atoms with Crippen LogP contribution in [0.3, 0.4) is 0 Å². The molecule has 0 amide bonds. The molecule has 0 fully saturated rings. The Bertz CT molecular complexity index is 409. The van der Waals surface area contributed by atoms with E-state index in [-0.39, 0.29) is 5.78 Å². The minimum atomic E-state index is -1.45. The van der Waals surface area contributed by atoms with Crippen LogP contribution in [0.4, 0.5) is 0 Å². The predicted molar refractivity (Wildman–Crippen MR) is 100 cm³/mol. The van der Waals surface area contributed by atoms with Crippen molar-refractivity contribution in [2.75, 3.05) is 0 Å². The molecule has 0 aliphatic heterocycles. The molecule has 0 aliphatic rings. The zero-order valence-electron chi connectivity index (χ0n) is 15.2. The molecule has 0 aliphatic carbocycles. The van der Waals surface area contributed by atoms with Gasteiger partial charge in [0, 0.05) is 6.42 Å². The molecule has 0 aromatic carbocycles. The summed E-state index contributed by atoms with van der Waals surface area (Å²) >= 11 is 0. The van der Waals surface area contributed by atoms with Gasteiger partial charge in [-0.1, -0.05) is 90.3 Å². The lowest BCUT2D eigenvalue weighted by atomic mass is 10.1. The standard InChI is InChI=1S/C20H34OSi/c1-5-6-7-8-9-10-11-12-13-14-15-16-17-20(21)18-19-22(2,3)4/h5-15H2,1-4H3. The molecule has 0 aromatic heterocycles. The van der Waals surface area contributed by atoms with Crippen LogP contribution in [0.1, 0.15) is 77.6 Å². The average Bonchev–Trinajstić information content (AvgIpc) is 2.45. The third-order valence-corrected chi connectivity index (χ3v) is 4.28. The van der Waals surface area contributed by atoms with Gasteiger partial charge in [0.15, 0.2) is 0 Å². The molecular formula is C20H34OSi. The molecule has 1 nitrogen and oxygen atoms in total. The Morgan fingerprint density at radius 3 is 1.77 bits per heavy atom. The first kappa shape index (κ1) is 21.0. The average molecular weight is 319 g/mol. The maximum atomic E-state index is 11.4. The van der Waals surface area contributed by atoms with Crippen molar-refractivity contribution in [3.05, 3.63) is 0 Å². The highest BCUT2D eigenvalue weighted by Gasteiger charge is 2.07. The van der Waals surface area contributed by atoms with Crippen LogP contribution >= 0.6 is 0 Å². The number of unbranched alkanes of at least 4 members (excludes halogenated alkanes) is 10. The maximum absolute atomic E-state index is 11.4. The lowest BCUT2D eigenvalue weighted by molar-refractivity contribution is -0.108. The van der Waals surface area contributed by atoms with Crippen LogP contribution in [-0.2, 0) is 4.79 Å². The quantitative estimate of drug-likeness (QED) is 0.217. The van der Waals surface area contributed by atoms with Crippen LogP contribution in [0.2, 0.25) is 19.6 Å². The van der Waals surface area contributed by atoms with E-state index >= 15 is 0 Å². The zero-order chi connectivity index (χ0) is 16.7. The van der Waals surface area contributed by atoms with E-state index in [2.05, 4.69) is 49.9 Å². The van der Waals surface area contributed by atoms with Crippen molar-refractivity contribution >= 4 is 13.9 Å². The third kappa shape index (κ3) is 17.1. The van der Waals surface area contributed by atoms with E-state index in [0.717, 1.165) is 12.8 Å². The van der Waals surface area contributed by atoms with Crippen molar-refractivity contribution in [2.45, 2.75) is 97.2 Å². The molecule has 0 N–H and O–H groups in total. The predicted octanol–water partition coefficient (Wildman–Crippen LogP) is 5.75. The Kier molecular flexibility index (Phi) is 13.0. The molecule has 2 heteroatoms. The molecule has 124 valence electrons. The number of carbonyl (C=O) groups is 1. The number of carbonyl (C=O) groups excluding carboxylic acids is 1. The molecule has 0 radical (unpaired) electrons. The summed E-state index contributed by atoms with van der Waals surface area (Å²) in [5.41, 5.74) is 3.05. The van der Waals surface area contributed by atoms with Gasteiger partial charge in [-0.05, 0) is 18.3 Å². The molecule has 0 spiro atoms. The number of rotatable bonds is 10. The normalized spacial score (nSPS) is 10.4. The number of hydrogen-bond acceptors (Lipinski definition) is 1. The first-order valence-corrected chi connectivity index (χ1v) is 12.5. The Morgan fingerprint density at radius 2 is 1.27 bits per heavy atom. The molecule has 0 bridgehead atoms. The monoisotopic (exact) mass is 318 g/mol. The van der Waals surface area contributed by atoms with Crippen molar-refractivity contribution in [3.63, 3.8) is 0 Å². The largest absolute Gasteiger partial charge is 0.278 e. The molecule has 0 aromatic rings. The third-order valence-electron chi connectivity index (χ3n) is 3.41. The number of hydrogen-bond donors (Lipinski definition) is 0. The van der Waals surface area contributed by atoms with Crippen molar-refractivity contribution < 1.29 is 4.79 Å². The highest BCUT2D eigenvalue weighted by Crippen LogP contribution is 2.10. The molecule has 0 atom stereocenters. The van der Waals surface area contributed by atoms with E-state index < -0.39 is 8.07 Å². The molecule has 0 heterocycles. The van der Waals surface area contributed by atoms with Crippen LogP contribution in [0, 0.1) is 23.3 Å². The first-order chi connectivity index (χ1) is 10.5. The van der Waals surface area contributed by atoms with Crippen LogP contribution in [0.25, 0.3) is 0 Å². The Balaban J connectivity index is 3.49. The van der Waals surface area contributed by atoms with Gasteiger partial charge in [0.1, 0.15) is 8.07 Å². The number of Topliss-reactive ketones (excluding diaryl/α,β-unsaturated/α-hetero) is 1. The van der Waals surface area contributed by atoms with E-state index in [0.29, 0.717) is 0 Å². The second-order valence-corrected chi connectivity index (χ2v) is 11.8. The summed E-state index contributed by atoms with van der Waals surface area (Å²) in [7, 11) is -1.45. The highest BCUT2D eigenvalue weighted by atomic mass is 28.3. The lowest BCUT2D eigenvalue weighted by Crippen LogP contribution is -2.16. The smallest absolute Gasteiger partial charge is 0.270 e. The lowest BCUT2D eigenvalue weighted by Gasteiger charge is -2.01. The van der Waals surface area contributed by atoms with Gasteiger partial charge in [0.05, 0.1) is 0 Å². The Morgan fingerprint density at radius 1 is 0.773 bits per heavy atom. The van der Waals surface area contributed by atoms with E-state index in [9.17, 15) is 4.79 Å². The van der Waals surface area contributed by atoms with E-state index in [1.165, 1.54) is 57.8 Å². The second-order valence-electron chi connectivity index (χ2n) is 7.06. The summed E-state index contributed by atoms with van der Waals surface area (Å²) in [6.45, 7) is 8.65. The molecule has 22 heavy (non-hydrogen) atoms. The topological polar surface area (TPSA) is 17.1 Å². The SMILES string of the molecule is CCCCCCCCCCCCC#CC(=O)C#C[Si](C)(C)C. The van der Waals surface area contributed by atoms with Gasteiger partial charge in [-0.2, -0.15) is 0 Å². The van der Waals surface area contributed by atoms with Gasteiger partial charge >= 0.3 is 0 Å². The summed E-state index contributed by atoms with van der Waals surface area (Å²) in [5, 5.41) is 0. The van der Waals surface area contributed by atoms with Crippen molar-refractivity contribution in [1.29, 1.82) is 0 Å². The van der Waals surface area contributed by atoms with Crippen molar-refractivity contribution in [2.24, 2.45) is 0 Å². The summed E-state index contributed by atoms with van der Waals surface area (Å²) in [6.07, 6.45) is 14.1. The van der Waals surface area contributed by atoms with Crippen LogP contribution < -0.4 is 0 Å². The Hall–Kier alpha value is -0.993. The van der Waals surface area contributed by atoms with Gasteiger partial charge < -0.3 is 0 Å². The van der Waals surface area contributed by atoms with E-state index in [1.54, 1.807) is 0 Å². The fourth-order valence-electron chi connectivity index (χ4n) is 2.12. The molecular weight excluding hydrogens is 284 g/mol. The van der Waals surface area contributed by atoms with Crippen LogP contribution in [0.5, 0.6) is 0 Å². The second kappa shape index (κ2) is 13.7. The van der Waals surface area contributed by atoms with Crippen molar-refractivity contribution in [1.82, 2.24) is 0 Å². The minimum absolute atomic E-state index is 0.213. The van der Waals surface area contributed by atoms with Crippen LogP contribution in [0.15, 0.2) is 0 Å².